The molecule has 0 atom stereocenters. The number of sulfonamides is 1. The molecular weight excluding hydrogens is 381 g/mol. The number of urea groups is 1. The highest BCUT2D eigenvalue weighted by atomic mass is 35.5. The fourth-order valence-corrected chi connectivity index (χ4v) is 4.19. The summed E-state index contributed by atoms with van der Waals surface area (Å²) >= 11 is 5.76. The molecule has 0 N–H and O–H groups in total. The molecule has 0 unspecified atom stereocenters. The Balaban J connectivity index is 2.20. The minimum Gasteiger partial charge on any atom is -0.295 e. The molecule has 0 bridgehead atoms. The second-order valence-electron chi connectivity index (χ2n) is 5.27. The standard InChI is InChI=1S/C15H10ClF3N2O3S/c1-20-12-8-9(15(17,18)19)2-7-13(12)25(23,24)21(14(20)22)11-5-3-10(16)4-6-11/h2-8H,1H3. The van der Waals surface area contributed by atoms with Crippen LogP contribution in [0, 0.1) is 0 Å². The van der Waals surface area contributed by atoms with E-state index in [1.165, 1.54) is 31.3 Å². The van der Waals surface area contributed by atoms with Crippen LogP contribution in [0.4, 0.5) is 29.3 Å². The van der Waals surface area contributed by atoms with Gasteiger partial charge in [-0.25, -0.2) is 13.2 Å². The Kier molecular flexibility index (Phi) is 3.96. The SMILES string of the molecule is CN1C(=O)N(c2ccc(Cl)cc2)S(=O)(=O)c2ccc(C(F)(F)F)cc21. The molecule has 3 rings (SSSR count). The van der Waals surface area contributed by atoms with Crippen LogP contribution in [0.3, 0.4) is 0 Å². The summed E-state index contributed by atoms with van der Waals surface area (Å²) < 4.78 is 64.7. The van der Waals surface area contributed by atoms with E-state index in [9.17, 15) is 26.4 Å². The molecule has 1 aliphatic heterocycles. The molecule has 0 fully saturated rings. The van der Waals surface area contributed by atoms with Crippen LogP contribution in [-0.4, -0.2) is 21.5 Å². The van der Waals surface area contributed by atoms with E-state index in [2.05, 4.69) is 0 Å². The number of fused-ring (bicyclic) bond motifs is 1. The van der Waals surface area contributed by atoms with Gasteiger partial charge >= 0.3 is 12.2 Å². The molecule has 0 aliphatic carbocycles. The average Bonchev–Trinajstić information content (AvgIpc) is 2.53. The fourth-order valence-electron chi connectivity index (χ4n) is 2.44. The predicted molar refractivity (Wildman–Crippen MR) is 86.4 cm³/mol. The zero-order chi connectivity index (χ0) is 18.6. The second-order valence-corrected chi connectivity index (χ2v) is 7.46. The molecule has 2 amide bonds. The molecular formula is C15H10ClF3N2O3S. The zero-order valence-electron chi connectivity index (χ0n) is 12.6. The van der Waals surface area contributed by atoms with Crippen molar-refractivity contribution in [2.24, 2.45) is 0 Å². The van der Waals surface area contributed by atoms with Crippen LogP contribution in [0.25, 0.3) is 0 Å². The third-order valence-electron chi connectivity index (χ3n) is 3.69. The Morgan fingerprint density at radius 1 is 1.04 bits per heavy atom. The first-order valence-electron chi connectivity index (χ1n) is 6.83. The fraction of sp³-hybridized carbons (Fsp3) is 0.133. The van der Waals surface area contributed by atoms with Crippen molar-refractivity contribution in [2.75, 3.05) is 16.3 Å². The van der Waals surface area contributed by atoms with Crippen LogP contribution < -0.4 is 9.21 Å². The van der Waals surface area contributed by atoms with Crippen LogP contribution in [-0.2, 0) is 16.2 Å². The molecule has 10 heteroatoms. The molecule has 0 spiro atoms. The number of nitrogens with zero attached hydrogens (tertiary/aromatic N) is 2. The molecule has 132 valence electrons. The molecule has 0 saturated heterocycles. The highest BCUT2D eigenvalue weighted by molar-refractivity contribution is 7.94. The van der Waals surface area contributed by atoms with Crippen molar-refractivity contribution >= 4 is 39.0 Å². The number of halogens is 4. The molecule has 0 saturated carbocycles. The van der Waals surface area contributed by atoms with Gasteiger partial charge in [0, 0.05) is 12.1 Å². The molecule has 5 nitrogen and oxygen atoms in total. The summed E-state index contributed by atoms with van der Waals surface area (Å²) in [5.41, 5.74) is -1.34. The number of rotatable bonds is 1. The van der Waals surface area contributed by atoms with E-state index in [0.29, 0.717) is 21.5 Å². The van der Waals surface area contributed by atoms with E-state index >= 15 is 0 Å². The third kappa shape index (κ3) is 2.83. The monoisotopic (exact) mass is 390 g/mol. The largest absolute Gasteiger partial charge is 0.416 e. The minimum atomic E-state index is -4.66. The van der Waals surface area contributed by atoms with Gasteiger partial charge < -0.3 is 0 Å². The van der Waals surface area contributed by atoms with E-state index in [1.807, 2.05) is 0 Å². The maximum Gasteiger partial charge on any atom is 0.416 e. The summed E-state index contributed by atoms with van der Waals surface area (Å²) in [5.74, 6) is 0. The second kappa shape index (κ2) is 5.63. The molecule has 1 aliphatic rings. The van der Waals surface area contributed by atoms with Crippen molar-refractivity contribution in [3.63, 3.8) is 0 Å². The Hall–Kier alpha value is -2.26. The number of alkyl halides is 3. The lowest BCUT2D eigenvalue weighted by Gasteiger charge is -2.34. The van der Waals surface area contributed by atoms with Gasteiger partial charge in [-0.2, -0.15) is 17.5 Å². The van der Waals surface area contributed by atoms with E-state index in [4.69, 9.17) is 11.6 Å². The summed E-state index contributed by atoms with van der Waals surface area (Å²) in [6.45, 7) is 0. The Morgan fingerprint density at radius 3 is 2.20 bits per heavy atom. The molecule has 0 aromatic heterocycles. The maximum absolute atomic E-state index is 12.9. The van der Waals surface area contributed by atoms with Crippen molar-refractivity contribution in [1.29, 1.82) is 0 Å². The van der Waals surface area contributed by atoms with Gasteiger partial charge in [-0.1, -0.05) is 11.6 Å². The van der Waals surface area contributed by atoms with Crippen molar-refractivity contribution in [2.45, 2.75) is 11.1 Å². The molecule has 1 heterocycles. The van der Waals surface area contributed by atoms with Crippen molar-refractivity contribution in [1.82, 2.24) is 0 Å². The van der Waals surface area contributed by atoms with Gasteiger partial charge in [0.1, 0.15) is 4.90 Å². The van der Waals surface area contributed by atoms with Crippen LogP contribution in [0.15, 0.2) is 47.4 Å². The Morgan fingerprint density at radius 2 is 1.64 bits per heavy atom. The molecule has 25 heavy (non-hydrogen) atoms. The summed E-state index contributed by atoms with van der Waals surface area (Å²) in [5, 5.41) is 0.342. The van der Waals surface area contributed by atoms with Gasteiger partial charge in [0.05, 0.1) is 16.9 Å². The third-order valence-corrected chi connectivity index (χ3v) is 5.69. The smallest absolute Gasteiger partial charge is 0.295 e. The number of carbonyl (C=O) groups is 1. The zero-order valence-corrected chi connectivity index (χ0v) is 14.2. The van der Waals surface area contributed by atoms with Crippen molar-refractivity contribution in [3.05, 3.63) is 53.1 Å². The lowest BCUT2D eigenvalue weighted by molar-refractivity contribution is -0.137. The first kappa shape index (κ1) is 17.6. The summed E-state index contributed by atoms with van der Waals surface area (Å²) in [7, 11) is -3.15. The summed E-state index contributed by atoms with van der Waals surface area (Å²) in [4.78, 5) is 13.0. The van der Waals surface area contributed by atoms with Crippen LogP contribution in [0.1, 0.15) is 5.56 Å². The summed E-state index contributed by atoms with van der Waals surface area (Å²) in [6.07, 6.45) is -4.66. The van der Waals surface area contributed by atoms with Gasteiger partial charge in [-0.15, -0.1) is 0 Å². The molecule has 2 aromatic rings. The quantitative estimate of drug-likeness (QED) is 0.735. The maximum atomic E-state index is 12.9. The van der Waals surface area contributed by atoms with Gasteiger partial charge in [-0.05, 0) is 42.5 Å². The predicted octanol–water partition coefficient (Wildman–Crippen LogP) is 4.12. The van der Waals surface area contributed by atoms with Gasteiger partial charge in [0.25, 0.3) is 10.0 Å². The number of anilines is 2. The van der Waals surface area contributed by atoms with E-state index < -0.39 is 32.7 Å². The number of carbonyl (C=O) groups excluding carboxylic acids is 1. The lowest BCUT2D eigenvalue weighted by atomic mass is 10.2. The van der Waals surface area contributed by atoms with E-state index in [0.717, 1.165) is 11.0 Å². The van der Waals surface area contributed by atoms with Gasteiger partial charge in [0.15, 0.2) is 0 Å². The van der Waals surface area contributed by atoms with Gasteiger partial charge in [-0.3, -0.25) is 4.90 Å². The van der Waals surface area contributed by atoms with Gasteiger partial charge in [0.2, 0.25) is 0 Å². The van der Waals surface area contributed by atoms with Crippen LogP contribution in [0.2, 0.25) is 5.02 Å². The van der Waals surface area contributed by atoms with Crippen LogP contribution in [0.5, 0.6) is 0 Å². The van der Waals surface area contributed by atoms with Crippen LogP contribution >= 0.6 is 11.6 Å². The highest BCUT2D eigenvalue weighted by Crippen LogP contribution is 2.40. The highest BCUT2D eigenvalue weighted by Gasteiger charge is 2.42. The van der Waals surface area contributed by atoms with Crippen molar-refractivity contribution in [3.8, 4) is 0 Å². The van der Waals surface area contributed by atoms with E-state index in [-0.39, 0.29) is 11.4 Å². The topological polar surface area (TPSA) is 57.7 Å². The summed E-state index contributed by atoms with van der Waals surface area (Å²) in [6, 6.07) is 6.64. The van der Waals surface area contributed by atoms with Crippen molar-refractivity contribution < 1.29 is 26.4 Å². The lowest BCUT2D eigenvalue weighted by Crippen LogP contribution is -2.49. The number of hydrogen-bond acceptors (Lipinski definition) is 3. The minimum absolute atomic E-state index is 0.0341. The first-order valence-corrected chi connectivity index (χ1v) is 8.65. The molecule has 2 aromatic carbocycles. The average molecular weight is 391 g/mol. The van der Waals surface area contributed by atoms with E-state index in [1.54, 1.807) is 0 Å². The normalized spacial score (nSPS) is 16.8. The molecule has 0 radical (unpaired) electrons. The Labute approximate surface area is 146 Å². The first-order chi connectivity index (χ1) is 11.5. The number of benzene rings is 2. The Bertz CT molecular complexity index is 959. The number of hydrogen-bond donors (Lipinski definition) is 0. The number of amides is 2.